The first-order valence-corrected chi connectivity index (χ1v) is 7.33. The van der Waals surface area contributed by atoms with Gasteiger partial charge < -0.3 is 9.84 Å². The van der Waals surface area contributed by atoms with Crippen LogP contribution in [0.25, 0.3) is 0 Å². The summed E-state index contributed by atoms with van der Waals surface area (Å²) in [5, 5.41) is 8.64. The molecular formula is C17H23NO2. The normalized spacial score (nSPS) is 16.5. The fourth-order valence-corrected chi connectivity index (χ4v) is 2.35. The lowest BCUT2D eigenvalue weighted by Crippen LogP contribution is -2.35. The number of nitrogens with zero attached hydrogens (tertiary/aromatic N) is 1. The summed E-state index contributed by atoms with van der Waals surface area (Å²) >= 11 is 0. The smallest absolute Gasteiger partial charge is 0.119 e. The maximum absolute atomic E-state index is 8.64. The van der Waals surface area contributed by atoms with Crippen LogP contribution in [0.4, 0.5) is 0 Å². The lowest BCUT2D eigenvalue weighted by atomic mass is 9.99. The molecule has 3 nitrogen and oxygen atoms in total. The first-order chi connectivity index (χ1) is 9.78. The van der Waals surface area contributed by atoms with E-state index in [2.05, 4.69) is 23.7 Å². The maximum Gasteiger partial charge on any atom is 0.119 e. The second-order valence-corrected chi connectivity index (χ2v) is 5.36. The quantitative estimate of drug-likeness (QED) is 0.853. The van der Waals surface area contributed by atoms with Gasteiger partial charge in [-0.15, -0.1) is 0 Å². The van der Waals surface area contributed by atoms with E-state index in [0.29, 0.717) is 0 Å². The molecule has 1 heterocycles. The largest absolute Gasteiger partial charge is 0.492 e. The molecule has 1 saturated heterocycles. The molecule has 1 aromatic carbocycles. The summed E-state index contributed by atoms with van der Waals surface area (Å²) in [6.07, 6.45) is 2.61. The molecule has 0 saturated carbocycles. The Labute approximate surface area is 121 Å². The van der Waals surface area contributed by atoms with Crippen molar-refractivity contribution in [3.8, 4) is 17.6 Å². The zero-order chi connectivity index (χ0) is 14.2. The van der Waals surface area contributed by atoms with Gasteiger partial charge in [-0.1, -0.05) is 18.8 Å². The molecule has 1 aliphatic rings. The molecule has 0 spiro atoms. The van der Waals surface area contributed by atoms with E-state index in [1.165, 1.54) is 25.9 Å². The lowest BCUT2D eigenvalue weighted by Gasteiger charge is -2.29. The van der Waals surface area contributed by atoms with Gasteiger partial charge in [-0.3, -0.25) is 4.90 Å². The Morgan fingerprint density at radius 2 is 1.95 bits per heavy atom. The van der Waals surface area contributed by atoms with E-state index in [0.717, 1.165) is 30.4 Å². The highest BCUT2D eigenvalue weighted by Gasteiger charge is 2.14. The van der Waals surface area contributed by atoms with Crippen LogP contribution in [0, 0.1) is 17.8 Å². The average molecular weight is 273 g/mol. The Kier molecular flexibility index (Phi) is 5.91. The summed E-state index contributed by atoms with van der Waals surface area (Å²) in [5.41, 5.74) is 0.899. The van der Waals surface area contributed by atoms with Gasteiger partial charge in [0.2, 0.25) is 0 Å². The SMILES string of the molecule is CC1CCN(CCOc2ccc(C#CCO)cc2)CC1. The van der Waals surface area contributed by atoms with Gasteiger partial charge in [-0.25, -0.2) is 0 Å². The monoisotopic (exact) mass is 273 g/mol. The number of benzene rings is 1. The van der Waals surface area contributed by atoms with Gasteiger partial charge in [0.25, 0.3) is 0 Å². The zero-order valence-electron chi connectivity index (χ0n) is 12.1. The third-order valence-corrected chi connectivity index (χ3v) is 3.72. The van der Waals surface area contributed by atoms with Gasteiger partial charge in [0.05, 0.1) is 0 Å². The van der Waals surface area contributed by atoms with Gasteiger partial charge >= 0.3 is 0 Å². The predicted octanol–water partition coefficient (Wildman–Crippen LogP) is 2.14. The maximum atomic E-state index is 8.64. The molecule has 0 aliphatic carbocycles. The molecule has 0 unspecified atom stereocenters. The fraction of sp³-hybridized carbons (Fsp3) is 0.529. The Bertz CT molecular complexity index is 450. The van der Waals surface area contributed by atoms with Crippen LogP contribution >= 0.6 is 0 Å². The van der Waals surface area contributed by atoms with E-state index < -0.39 is 0 Å². The van der Waals surface area contributed by atoms with Crippen LogP contribution in [-0.2, 0) is 0 Å². The van der Waals surface area contributed by atoms with Crippen molar-refractivity contribution in [3.05, 3.63) is 29.8 Å². The summed E-state index contributed by atoms with van der Waals surface area (Å²) in [4.78, 5) is 2.47. The highest BCUT2D eigenvalue weighted by Crippen LogP contribution is 2.16. The third kappa shape index (κ3) is 4.88. The van der Waals surface area contributed by atoms with Crippen LogP contribution in [0.1, 0.15) is 25.3 Å². The summed E-state index contributed by atoms with van der Waals surface area (Å²) in [6.45, 7) is 6.34. The van der Waals surface area contributed by atoms with E-state index in [-0.39, 0.29) is 6.61 Å². The highest BCUT2D eigenvalue weighted by molar-refractivity contribution is 5.38. The summed E-state index contributed by atoms with van der Waals surface area (Å²) in [6, 6.07) is 7.69. The lowest BCUT2D eigenvalue weighted by molar-refractivity contribution is 0.160. The number of aliphatic hydroxyl groups excluding tert-OH is 1. The number of piperidine rings is 1. The van der Waals surface area contributed by atoms with Crippen molar-refractivity contribution >= 4 is 0 Å². The van der Waals surface area contributed by atoms with Crippen molar-refractivity contribution < 1.29 is 9.84 Å². The average Bonchev–Trinajstić information content (AvgIpc) is 2.48. The van der Waals surface area contributed by atoms with Crippen molar-refractivity contribution in [3.63, 3.8) is 0 Å². The predicted molar refractivity (Wildman–Crippen MR) is 80.7 cm³/mol. The van der Waals surface area contributed by atoms with Crippen LogP contribution in [0.2, 0.25) is 0 Å². The van der Waals surface area contributed by atoms with E-state index in [9.17, 15) is 0 Å². The van der Waals surface area contributed by atoms with E-state index >= 15 is 0 Å². The molecule has 0 aromatic heterocycles. The minimum atomic E-state index is -0.104. The summed E-state index contributed by atoms with van der Waals surface area (Å²) < 4.78 is 5.76. The first-order valence-electron chi connectivity index (χ1n) is 7.33. The number of likely N-dealkylation sites (tertiary alicyclic amines) is 1. The van der Waals surface area contributed by atoms with Gasteiger partial charge in [-0.05, 0) is 56.1 Å². The van der Waals surface area contributed by atoms with Gasteiger partial charge in [0, 0.05) is 12.1 Å². The van der Waals surface area contributed by atoms with Crippen molar-refractivity contribution in [1.29, 1.82) is 0 Å². The molecule has 0 atom stereocenters. The molecule has 1 N–H and O–H groups in total. The van der Waals surface area contributed by atoms with Crippen LogP contribution < -0.4 is 4.74 Å². The number of ether oxygens (including phenoxy) is 1. The van der Waals surface area contributed by atoms with Crippen LogP contribution in [0.3, 0.4) is 0 Å². The standard InChI is InChI=1S/C17H23NO2/c1-15-8-10-18(11-9-15)12-14-20-17-6-4-16(5-7-17)3-2-13-19/h4-7,15,19H,8-14H2,1H3. The van der Waals surface area contributed by atoms with E-state index in [1.807, 2.05) is 24.3 Å². The highest BCUT2D eigenvalue weighted by atomic mass is 16.5. The minimum absolute atomic E-state index is 0.104. The van der Waals surface area contributed by atoms with Gasteiger partial charge in [-0.2, -0.15) is 0 Å². The van der Waals surface area contributed by atoms with Crippen molar-refractivity contribution in [2.45, 2.75) is 19.8 Å². The molecular weight excluding hydrogens is 250 g/mol. The van der Waals surface area contributed by atoms with Crippen LogP contribution in [0.5, 0.6) is 5.75 Å². The van der Waals surface area contributed by atoms with Crippen molar-refractivity contribution in [2.75, 3.05) is 32.8 Å². The molecule has 1 fully saturated rings. The molecule has 1 aromatic rings. The second kappa shape index (κ2) is 7.94. The Morgan fingerprint density at radius 1 is 1.25 bits per heavy atom. The Balaban J connectivity index is 1.71. The molecule has 0 amide bonds. The van der Waals surface area contributed by atoms with Gasteiger partial charge in [0.1, 0.15) is 19.0 Å². The molecule has 2 rings (SSSR count). The fourth-order valence-electron chi connectivity index (χ4n) is 2.35. The molecule has 0 radical (unpaired) electrons. The van der Waals surface area contributed by atoms with Gasteiger partial charge in [0.15, 0.2) is 0 Å². The third-order valence-electron chi connectivity index (χ3n) is 3.72. The Morgan fingerprint density at radius 3 is 2.60 bits per heavy atom. The minimum Gasteiger partial charge on any atom is -0.492 e. The molecule has 0 bridgehead atoms. The molecule has 1 aliphatic heterocycles. The van der Waals surface area contributed by atoms with Crippen molar-refractivity contribution in [2.24, 2.45) is 5.92 Å². The molecule has 20 heavy (non-hydrogen) atoms. The van der Waals surface area contributed by atoms with Crippen LogP contribution in [0.15, 0.2) is 24.3 Å². The zero-order valence-corrected chi connectivity index (χ0v) is 12.1. The number of hydrogen-bond donors (Lipinski definition) is 1. The molecule has 108 valence electrons. The van der Waals surface area contributed by atoms with E-state index in [4.69, 9.17) is 9.84 Å². The van der Waals surface area contributed by atoms with E-state index in [1.54, 1.807) is 0 Å². The first kappa shape index (κ1) is 14.9. The number of rotatable bonds is 4. The Hall–Kier alpha value is -1.50. The topological polar surface area (TPSA) is 32.7 Å². The number of aliphatic hydroxyl groups is 1. The summed E-state index contributed by atoms with van der Waals surface area (Å²) in [5.74, 6) is 7.26. The van der Waals surface area contributed by atoms with Crippen LogP contribution in [-0.4, -0.2) is 42.9 Å². The second-order valence-electron chi connectivity index (χ2n) is 5.36. The summed E-state index contributed by atoms with van der Waals surface area (Å²) in [7, 11) is 0. The molecule has 3 heteroatoms. The van der Waals surface area contributed by atoms with Crippen molar-refractivity contribution in [1.82, 2.24) is 4.90 Å². The number of hydrogen-bond acceptors (Lipinski definition) is 3.